The van der Waals surface area contributed by atoms with Crippen LogP contribution in [0.3, 0.4) is 0 Å². The van der Waals surface area contributed by atoms with Gasteiger partial charge in [-0.25, -0.2) is 0 Å². The van der Waals surface area contributed by atoms with Crippen LogP contribution in [0, 0.1) is 0 Å². The largest absolute Gasteiger partial charge is 0.494 e. The Bertz CT molecular complexity index is 1100. The first-order valence-corrected chi connectivity index (χ1v) is 10.4. The molecule has 0 saturated heterocycles. The van der Waals surface area contributed by atoms with Crippen molar-refractivity contribution in [2.24, 2.45) is 4.99 Å². The number of thiazole rings is 1. The second-order valence-corrected chi connectivity index (χ2v) is 7.75. The molecule has 0 saturated carbocycles. The maximum atomic E-state index is 12.8. The maximum Gasteiger partial charge on any atom is 0.325 e. The summed E-state index contributed by atoms with van der Waals surface area (Å²) in [6.07, 6.45) is 1.98. The first-order chi connectivity index (χ1) is 14.0. The Morgan fingerprint density at radius 1 is 1.21 bits per heavy atom. The molecule has 1 aromatic heterocycles. The molecule has 1 heterocycles. The topological polar surface area (TPSA) is 69.9 Å². The summed E-state index contributed by atoms with van der Waals surface area (Å²) in [6, 6.07) is 12.2. The van der Waals surface area contributed by atoms with E-state index in [9.17, 15) is 9.59 Å². The van der Waals surface area contributed by atoms with E-state index in [-0.39, 0.29) is 6.54 Å². The van der Waals surface area contributed by atoms with E-state index in [1.165, 1.54) is 18.4 Å². The van der Waals surface area contributed by atoms with Crippen LogP contribution in [-0.4, -0.2) is 30.2 Å². The van der Waals surface area contributed by atoms with Crippen LogP contribution in [0.2, 0.25) is 5.02 Å². The molecular formula is C21H21ClN2O4S. The number of carbonyl (C=O) groups excluding carboxylic acids is 2. The van der Waals surface area contributed by atoms with Crippen molar-refractivity contribution < 1.29 is 19.1 Å². The van der Waals surface area contributed by atoms with Gasteiger partial charge in [0.2, 0.25) is 0 Å². The normalized spacial score (nSPS) is 11.6. The van der Waals surface area contributed by atoms with E-state index in [4.69, 9.17) is 21.1 Å². The van der Waals surface area contributed by atoms with Crippen molar-refractivity contribution in [1.29, 1.82) is 0 Å². The molecule has 0 radical (unpaired) electrons. The Balaban J connectivity index is 1.98. The highest BCUT2D eigenvalue weighted by Crippen LogP contribution is 2.22. The lowest BCUT2D eigenvalue weighted by atomic mass is 10.2. The molecule has 0 fully saturated rings. The van der Waals surface area contributed by atoms with Crippen LogP contribution >= 0.6 is 22.9 Å². The molecule has 29 heavy (non-hydrogen) atoms. The quantitative estimate of drug-likeness (QED) is 0.408. The van der Waals surface area contributed by atoms with E-state index in [0.717, 1.165) is 23.1 Å². The predicted octanol–water partition coefficient (Wildman–Crippen LogP) is 4.45. The summed E-state index contributed by atoms with van der Waals surface area (Å²) in [6.45, 7) is 2.63. The van der Waals surface area contributed by atoms with Gasteiger partial charge in [-0.2, -0.15) is 4.99 Å². The molecular weight excluding hydrogens is 412 g/mol. The lowest BCUT2D eigenvalue weighted by Gasteiger charge is -2.06. The summed E-state index contributed by atoms with van der Waals surface area (Å²) >= 11 is 7.37. The number of halogens is 1. The third-order valence-corrected chi connectivity index (χ3v) is 5.48. The van der Waals surface area contributed by atoms with Crippen LogP contribution in [0.4, 0.5) is 0 Å². The molecule has 2 aromatic carbocycles. The number of ether oxygens (including phenoxy) is 2. The van der Waals surface area contributed by atoms with Crippen molar-refractivity contribution in [2.45, 2.75) is 26.3 Å². The van der Waals surface area contributed by atoms with Crippen molar-refractivity contribution in [1.82, 2.24) is 4.57 Å². The van der Waals surface area contributed by atoms with Gasteiger partial charge in [0.05, 0.1) is 23.9 Å². The summed E-state index contributed by atoms with van der Waals surface area (Å²) in [7, 11) is 1.32. The highest BCUT2D eigenvalue weighted by molar-refractivity contribution is 7.16. The molecule has 152 valence electrons. The summed E-state index contributed by atoms with van der Waals surface area (Å²) in [5.74, 6) is -0.216. The van der Waals surface area contributed by atoms with Crippen LogP contribution in [-0.2, 0) is 16.1 Å². The number of rotatable bonds is 7. The monoisotopic (exact) mass is 432 g/mol. The molecule has 8 heteroatoms. The minimum absolute atomic E-state index is 0.0512. The molecule has 0 atom stereocenters. The molecule has 6 nitrogen and oxygen atoms in total. The number of esters is 1. The predicted molar refractivity (Wildman–Crippen MR) is 114 cm³/mol. The SMILES string of the molecule is CCCCOc1cccc(C(=O)N=c2sc3cc(Cl)ccc3n2CC(=O)OC)c1. The summed E-state index contributed by atoms with van der Waals surface area (Å²) in [5, 5.41) is 0.568. The maximum absolute atomic E-state index is 12.8. The second kappa shape index (κ2) is 9.71. The lowest BCUT2D eigenvalue weighted by molar-refractivity contribution is -0.141. The lowest BCUT2D eigenvalue weighted by Crippen LogP contribution is -2.22. The molecule has 3 rings (SSSR count). The molecule has 0 aliphatic carbocycles. The van der Waals surface area contributed by atoms with E-state index in [1.54, 1.807) is 41.0 Å². The van der Waals surface area contributed by atoms with Crippen LogP contribution in [0.15, 0.2) is 47.5 Å². The standard InChI is InChI=1S/C21H21ClN2O4S/c1-3-4-10-28-16-7-5-6-14(11-16)20(26)23-21-24(13-19(25)27-2)17-9-8-15(22)12-18(17)29-21/h5-9,11-12H,3-4,10,13H2,1-2H3. The molecule has 0 N–H and O–H groups in total. The van der Waals surface area contributed by atoms with E-state index < -0.39 is 11.9 Å². The summed E-state index contributed by atoms with van der Waals surface area (Å²) in [4.78, 5) is 29.3. The average molecular weight is 433 g/mol. The minimum Gasteiger partial charge on any atom is -0.494 e. The van der Waals surface area contributed by atoms with Crippen molar-refractivity contribution in [2.75, 3.05) is 13.7 Å². The van der Waals surface area contributed by atoms with Gasteiger partial charge in [-0.1, -0.05) is 42.3 Å². The Morgan fingerprint density at radius 3 is 2.79 bits per heavy atom. The van der Waals surface area contributed by atoms with Crippen LogP contribution in [0.5, 0.6) is 5.75 Å². The fourth-order valence-corrected chi connectivity index (χ4v) is 3.99. The first kappa shape index (κ1) is 21.1. The molecule has 0 spiro atoms. The van der Waals surface area contributed by atoms with E-state index in [0.29, 0.717) is 27.7 Å². The van der Waals surface area contributed by atoms with Crippen LogP contribution in [0.25, 0.3) is 10.2 Å². The first-order valence-electron chi connectivity index (χ1n) is 9.19. The molecule has 3 aromatic rings. The van der Waals surface area contributed by atoms with Crippen molar-refractivity contribution in [3.63, 3.8) is 0 Å². The zero-order valence-electron chi connectivity index (χ0n) is 16.2. The van der Waals surface area contributed by atoms with Crippen molar-refractivity contribution in [3.8, 4) is 5.75 Å². The summed E-state index contributed by atoms with van der Waals surface area (Å²) < 4.78 is 12.9. The number of benzene rings is 2. The van der Waals surface area contributed by atoms with Gasteiger partial charge in [0.25, 0.3) is 5.91 Å². The molecule has 1 amide bonds. The van der Waals surface area contributed by atoms with Gasteiger partial charge in [-0.05, 0) is 42.8 Å². The number of amides is 1. The van der Waals surface area contributed by atoms with Crippen molar-refractivity contribution >= 4 is 45.0 Å². The van der Waals surface area contributed by atoms with Gasteiger partial charge in [-0.15, -0.1) is 0 Å². The van der Waals surface area contributed by atoms with Gasteiger partial charge in [0.15, 0.2) is 4.80 Å². The zero-order valence-corrected chi connectivity index (χ0v) is 17.8. The smallest absolute Gasteiger partial charge is 0.325 e. The third-order valence-electron chi connectivity index (χ3n) is 4.20. The molecule has 0 unspecified atom stereocenters. The highest BCUT2D eigenvalue weighted by Gasteiger charge is 2.13. The van der Waals surface area contributed by atoms with E-state index >= 15 is 0 Å². The molecule has 0 bridgehead atoms. The minimum atomic E-state index is -0.431. The third kappa shape index (κ3) is 5.25. The van der Waals surface area contributed by atoms with Gasteiger partial charge in [0.1, 0.15) is 12.3 Å². The van der Waals surface area contributed by atoms with Gasteiger partial charge in [0, 0.05) is 10.6 Å². The number of hydrogen-bond donors (Lipinski definition) is 0. The van der Waals surface area contributed by atoms with Gasteiger partial charge < -0.3 is 14.0 Å². The number of aromatic nitrogens is 1. The van der Waals surface area contributed by atoms with E-state index in [1.807, 2.05) is 6.07 Å². The number of methoxy groups -OCH3 is 1. The zero-order chi connectivity index (χ0) is 20.8. The number of fused-ring (bicyclic) bond motifs is 1. The van der Waals surface area contributed by atoms with Crippen molar-refractivity contribution in [3.05, 3.63) is 57.9 Å². The second-order valence-electron chi connectivity index (χ2n) is 6.31. The Morgan fingerprint density at radius 2 is 2.03 bits per heavy atom. The molecule has 0 aliphatic rings. The van der Waals surface area contributed by atoms with Gasteiger partial charge in [-0.3, -0.25) is 9.59 Å². The fraction of sp³-hybridized carbons (Fsp3) is 0.286. The Kier molecular flexibility index (Phi) is 7.06. The number of unbranched alkanes of at least 4 members (excludes halogenated alkanes) is 1. The van der Waals surface area contributed by atoms with Gasteiger partial charge >= 0.3 is 5.97 Å². The Labute approximate surface area is 177 Å². The summed E-state index contributed by atoms with van der Waals surface area (Å²) in [5.41, 5.74) is 1.17. The fourth-order valence-electron chi connectivity index (χ4n) is 2.68. The Hall–Kier alpha value is -2.64. The number of hydrogen-bond acceptors (Lipinski definition) is 5. The van der Waals surface area contributed by atoms with Crippen LogP contribution in [0.1, 0.15) is 30.1 Å². The number of nitrogens with zero attached hydrogens (tertiary/aromatic N) is 2. The van der Waals surface area contributed by atoms with E-state index in [2.05, 4.69) is 11.9 Å². The number of carbonyl (C=O) groups is 2. The molecule has 0 aliphatic heterocycles. The highest BCUT2D eigenvalue weighted by atomic mass is 35.5. The average Bonchev–Trinajstić information content (AvgIpc) is 3.04. The van der Waals surface area contributed by atoms with Crippen LogP contribution < -0.4 is 9.54 Å².